The smallest absolute Gasteiger partial charge is 0.317 e. The summed E-state index contributed by atoms with van der Waals surface area (Å²) in [5, 5.41) is 13.9. The van der Waals surface area contributed by atoms with Crippen molar-refractivity contribution in [1.29, 1.82) is 0 Å². The summed E-state index contributed by atoms with van der Waals surface area (Å²) in [5.74, 6) is -1.02. The summed E-state index contributed by atoms with van der Waals surface area (Å²) in [5.41, 5.74) is 0. The van der Waals surface area contributed by atoms with Gasteiger partial charge in [-0.25, -0.2) is 0 Å². The number of rotatable bonds is 5. The Balaban J connectivity index is 2.16. The lowest BCUT2D eigenvalue weighted by Crippen LogP contribution is -2.36. The fourth-order valence-corrected chi connectivity index (χ4v) is 1.34. The van der Waals surface area contributed by atoms with Crippen LogP contribution in [0.15, 0.2) is 0 Å². The molecule has 0 saturated carbocycles. The molecule has 0 atom stereocenters. The predicted octanol–water partition coefficient (Wildman–Crippen LogP) is -1.62. The van der Waals surface area contributed by atoms with Crippen LogP contribution in [0.2, 0.25) is 0 Å². The van der Waals surface area contributed by atoms with Gasteiger partial charge < -0.3 is 20.6 Å². The number of amides is 1. The Morgan fingerprint density at radius 3 is 2.93 bits per heavy atom. The lowest BCUT2D eigenvalue weighted by Gasteiger charge is -2.14. The van der Waals surface area contributed by atoms with Gasteiger partial charge in [-0.2, -0.15) is 0 Å². The van der Waals surface area contributed by atoms with Gasteiger partial charge >= 0.3 is 5.97 Å². The highest BCUT2D eigenvalue weighted by Gasteiger charge is 2.22. The van der Waals surface area contributed by atoms with E-state index in [1.54, 1.807) is 4.90 Å². The number of hydrogen-bond donors (Lipinski definition) is 3. The minimum Gasteiger partial charge on any atom is -0.480 e. The average molecular weight is 217 g/mol. The van der Waals surface area contributed by atoms with E-state index >= 15 is 0 Å². The van der Waals surface area contributed by atoms with Crippen molar-refractivity contribution in [1.82, 2.24) is 15.5 Å². The molecule has 1 rings (SSSR count). The lowest BCUT2D eigenvalue weighted by molar-refractivity contribution is -0.136. The molecule has 0 bridgehead atoms. The van der Waals surface area contributed by atoms with Crippen molar-refractivity contribution in [3.63, 3.8) is 0 Å². The molecule has 1 heterocycles. The Bertz CT molecular complexity index is 269. The van der Waals surface area contributed by atoms with Crippen LogP contribution in [0.3, 0.4) is 0 Å². The molecule has 1 saturated heterocycles. The summed E-state index contributed by atoms with van der Waals surface area (Å²) in [6, 6.07) is 0. The highest BCUT2D eigenvalue weighted by molar-refractivity contribution is 7.80. The molecule has 0 aromatic rings. The molecule has 0 unspecified atom stereocenters. The van der Waals surface area contributed by atoms with Crippen molar-refractivity contribution >= 4 is 29.2 Å². The van der Waals surface area contributed by atoms with Crippen LogP contribution in [0.1, 0.15) is 0 Å². The third kappa shape index (κ3) is 3.27. The number of nitrogens with one attached hydrogen (secondary N) is 2. The summed E-state index contributed by atoms with van der Waals surface area (Å²) < 4.78 is 0. The highest BCUT2D eigenvalue weighted by Crippen LogP contribution is 1.96. The molecular formula is C7H11N3O3S. The molecule has 1 aliphatic heterocycles. The van der Waals surface area contributed by atoms with Crippen LogP contribution in [0, 0.1) is 0 Å². The minimum absolute atomic E-state index is 0.0814. The quantitative estimate of drug-likeness (QED) is 0.379. The fourth-order valence-electron chi connectivity index (χ4n) is 1.07. The van der Waals surface area contributed by atoms with Crippen LogP contribution in [0.4, 0.5) is 0 Å². The van der Waals surface area contributed by atoms with E-state index in [0.29, 0.717) is 18.2 Å². The van der Waals surface area contributed by atoms with Crippen LogP contribution in [0.25, 0.3) is 0 Å². The first-order valence-corrected chi connectivity index (χ1v) is 4.51. The van der Waals surface area contributed by atoms with E-state index in [-0.39, 0.29) is 19.0 Å². The first kappa shape index (κ1) is 10.9. The number of carbonyl (C=O) groups is 2. The third-order valence-electron chi connectivity index (χ3n) is 1.70. The van der Waals surface area contributed by atoms with Crippen molar-refractivity contribution in [2.45, 2.75) is 0 Å². The second kappa shape index (κ2) is 4.87. The summed E-state index contributed by atoms with van der Waals surface area (Å²) >= 11 is 4.87. The molecule has 0 aromatic carbocycles. The normalized spacial score (nSPS) is 15.9. The van der Waals surface area contributed by atoms with E-state index in [0.717, 1.165) is 0 Å². The zero-order chi connectivity index (χ0) is 10.6. The zero-order valence-electron chi connectivity index (χ0n) is 7.45. The maximum atomic E-state index is 10.9. The number of hydrogen-bond acceptors (Lipinski definition) is 4. The zero-order valence-corrected chi connectivity index (χ0v) is 8.26. The van der Waals surface area contributed by atoms with Crippen molar-refractivity contribution in [3.8, 4) is 0 Å². The number of carbonyl (C=O) groups excluding carboxylic acids is 1. The van der Waals surface area contributed by atoms with Gasteiger partial charge in [0, 0.05) is 13.1 Å². The molecule has 1 aliphatic rings. The highest BCUT2D eigenvalue weighted by atomic mass is 32.1. The number of carboxylic acid groups (broad SMARTS) is 1. The monoisotopic (exact) mass is 217 g/mol. The molecule has 7 heteroatoms. The Morgan fingerprint density at radius 1 is 1.71 bits per heavy atom. The Hall–Kier alpha value is -1.21. The first-order chi connectivity index (χ1) is 6.59. The van der Waals surface area contributed by atoms with Gasteiger partial charge in [-0.05, 0) is 12.2 Å². The van der Waals surface area contributed by atoms with Gasteiger partial charge in [0.1, 0.15) is 0 Å². The van der Waals surface area contributed by atoms with E-state index in [1.165, 1.54) is 0 Å². The summed E-state index contributed by atoms with van der Waals surface area (Å²) in [6.45, 7) is 1.20. The van der Waals surface area contributed by atoms with E-state index in [9.17, 15) is 9.59 Å². The van der Waals surface area contributed by atoms with Crippen LogP contribution in [-0.4, -0.2) is 53.2 Å². The van der Waals surface area contributed by atoms with Crippen LogP contribution in [-0.2, 0) is 9.59 Å². The molecule has 78 valence electrons. The van der Waals surface area contributed by atoms with Crippen LogP contribution < -0.4 is 10.6 Å². The molecule has 0 aliphatic carbocycles. The molecule has 14 heavy (non-hydrogen) atoms. The molecule has 0 radical (unpaired) electrons. The standard InChI is InChI=1S/C7H11N3O3S/c11-5-4-10(7(14)9-5)2-1-8-3-6(12)13/h8H,1-4H2,(H,12,13)(H,9,11,14). The van der Waals surface area contributed by atoms with Gasteiger partial charge in [-0.15, -0.1) is 0 Å². The average Bonchev–Trinajstić information content (AvgIpc) is 2.39. The SMILES string of the molecule is O=C(O)CNCCN1CC(=O)NC1=S. The van der Waals surface area contributed by atoms with Crippen molar-refractivity contribution in [2.24, 2.45) is 0 Å². The summed E-state index contributed by atoms with van der Waals surface area (Å²) in [7, 11) is 0. The van der Waals surface area contributed by atoms with Gasteiger partial charge in [-0.3, -0.25) is 9.59 Å². The fraction of sp³-hybridized carbons (Fsp3) is 0.571. The Morgan fingerprint density at radius 2 is 2.43 bits per heavy atom. The van der Waals surface area contributed by atoms with Crippen molar-refractivity contribution in [3.05, 3.63) is 0 Å². The van der Waals surface area contributed by atoms with Gasteiger partial charge in [0.15, 0.2) is 5.11 Å². The van der Waals surface area contributed by atoms with E-state index in [1.807, 2.05) is 0 Å². The van der Waals surface area contributed by atoms with E-state index in [2.05, 4.69) is 10.6 Å². The summed E-state index contributed by atoms with van der Waals surface area (Å²) in [4.78, 5) is 22.7. The van der Waals surface area contributed by atoms with Crippen LogP contribution in [0.5, 0.6) is 0 Å². The number of thiocarbonyl (C=S) groups is 1. The van der Waals surface area contributed by atoms with Gasteiger partial charge in [0.25, 0.3) is 0 Å². The maximum absolute atomic E-state index is 10.9. The molecule has 1 fully saturated rings. The number of aliphatic carboxylic acids is 1. The van der Waals surface area contributed by atoms with E-state index in [4.69, 9.17) is 17.3 Å². The molecule has 6 nitrogen and oxygen atoms in total. The van der Waals surface area contributed by atoms with Gasteiger partial charge in [-0.1, -0.05) is 0 Å². The number of carboxylic acids is 1. The Kier molecular flexibility index (Phi) is 3.78. The third-order valence-corrected chi connectivity index (χ3v) is 2.06. The van der Waals surface area contributed by atoms with Gasteiger partial charge in [0.05, 0.1) is 13.1 Å². The largest absolute Gasteiger partial charge is 0.480 e. The van der Waals surface area contributed by atoms with Crippen molar-refractivity contribution in [2.75, 3.05) is 26.2 Å². The van der Waals surface area contributed by atoms with E-state index < -0.39 is 5.97 Å². The Labute approximate surface area is 86.3 Å². The first-order valence-electron chi connectivity index (χ1n) is 4.11. The molecular weight excluding hydrogens is 206 g/mol. The van der Waals surface area contributed by atoms with Crippen LogP contribution >= 0.6 is 12.2 Å². The minimum atomic E-state index is -0.900. The summed E-state index contributed by atoms with van der Waals surface area (Å²) in [6.07, 6.45) is 0. The number of nitrogens with zero attached hydrogens (tertiary/aromatic N) is 1. The lowest BCUT2D eigenvalue weighted by atomic mass is 10.5. The molecule has 0 aromatic heterocycles. The second-order valence-corrected chi connectivity index (χ2v) is 3.23. The topological polar surface area (TPSA) is 81.7 Å². The predicted molar refractivity (Wildman–Crippen MR) is 52.8 cm³/mol. The van der Waals surface area contributed by atoms with Gasteiger partial charge in [0.2, 0.25) is 5.91 Å². The second-order valence-electron chi connectivity index (χ2n) is 2.85. The molecule has 1 amide bonds. The maximum Gasteiger partial charge on any atom is 0.317 e. The molecule has 3 N–H and O–H groups in total. The molecule has 0 spiro atoms. The van der Waals surface area contributed by atoms with Crippen molar-refractivity contribution < 1.29 is 14.7 Å².